The Kier molecular flexibility index (Phi) is 13.5. The predicted molar refractivity (Wildman–Crippen MR) is 203 cm³/mol. The van der Waals surface area contributed by atoms with Crippen LogP contribution < -0.4 is 10.8 Å². The smallest absolute Gasteiger partial charge is 0.243 e. The number of nitrogens with one attached hydrogen (secondary N) is 2. The second-order valence-corrected chi connectivity index (χ2v) is 13.4. The summed E-state index contributed by atoms with van der Waals surface area (Å²) in [4.78, 5) is 26.1. The second-order valence-electron chi connectivity index (χ2n) is 13.4. The van der Waals surface area contributed by atoms with Crippen LogP contribution in [0.25, 0.3) is 11.1 Å². The molecule has 0 bridgehead atoms. The minimum Gasteiger partial charge on any atom is -0.392 e. The Morgan fingerprint density at radius 3 is 1.92 bits per heavy atom. The Labute approximate surface area is 311 Å². The molecule has 3 atom stereocenters. The number of hydroxylamine groups is 1. The van der Waals surface area contributed by atoms with Crippen molar-refractivity contribution >= 4 is 11.8 Å². The molecule has 53 heavy (non-hydrogen) atoms. The maximum atomic E-state index is 12.4. The maximum absolute atomic E-state index is 12.4. The van der Waals surface area contributed by atoms with Gasteiger partial charge in [-0.25, -0.2) is 5.48 Å². The van der Waals surface area contributed by atoms with Gasteiger partial charge in [0.2, 0.25) is 11.8 Å². The summed E-state index contributed by atoms with van der Waals surface area (Å²) in [6.07, 6.45) is 0.382. The molecule has 3 unspecified atom stereocenters. The fraction of sp³-hybridized carbons (Fsp3) is 0.273. The third-order valence-electron chi connectivity index (χ3n) is 9.49. The first-order valence-corrected chi connectivity index (χ1v) is 18.2. The van der Waals surface area contributed by atoms with Gasteiger partial charge in [-0.3, -0.25) is 19.7 Å². The molecule has 0 aliphatic carbocycles. The van der Waals surface area contributed by atoms with Crippen molar-refractivity contribution in [3.63, 3.8) is 0 Å². The maximum Gasteiger partial charge on any atom is 0.243 e. The predicted octanol–water partition coefficient (Wildman–Crippen LogP) is 7.39. The first-order valence-electron chi connectivity index (χ1n) is 18.2. The van der Waals surface area contributed by atoms with Crippen molar-refractivity contribution in [1.82, 2.24) is 15.7 Å². The number of carbonyl (C=O) groups is 2. The molecule has 1 aliphatic heterocycles. The molecule has 1 aliphatic rings. The summed E-state index contributed by atoms with van der Waals surface area (Å²) in [5.41, 5.74) is 9.85. The van der Waals surface area contributed by atoms with E-state index in [9.17, 15) is 14.7 Å². The number of nitrogens with zero attached hydrogens (tertiary/aromatic N) is 1. The van der Waals surface area contributed by atoms with Gasteiger partial charge in [-0.15, -0.1) is 0 Å². The number of carbonyl (C=O) groups excluding carboxylic acids is 2. The van der Waals surface area contributed by atoms with Gasteiger partial charge in [0, 0.05) is 51.0 Å². The topological polar surface area (TPSA) is 120 Å². The summed E-state index contributed by atoms with van der Waals surface area (Å²) in [6, 6.07) is 45.1. The highest BCUT2D eigenvalue weighted by Crippen LogP contribution is 2.39. The molecule has 0 aromatic heterocycles. The van der Waals surface area contributed by atoms with Gasteiger partial charge in [0.05, 0.1) is 18.8 Å². The standard InChI is InChI=1S/C44H47N3O6/c48-31-34-18-20-36(21-19-34)41-26-39(30-47(28-32-10-3-1-4-11-32)29-33-12-5-2-6-13-33)52-44(53-41)37-24-22-35(23-25-37)40-15-8-7-14-38(40)27-45-42(49)16-9-17-43(50)46-51/h1-8,10-15,18-25,39,41,44,48,51H,9,16-17,26-31H2,(H,45,49)(H,46,50). The monoisotopic (exact) mass is 713 g/mol. The highest BCUT2D eigenvalue weighted by Gasteiger charge is 2.33. The van der Waals surface area contributed by atoms with Gasteiger partial charge in [0.1, 0.15) is 0 Å². The molecule has 5 aromatic carbocycles. The van der Waals surface area contributed by atoms with E-state index in [1.165, 1.54) is 11.1 Å². The molecule has 1 heterocycles. The lowest BCUT2D eigenvalue weighted by Crippen LogP contribution is -2.39. The number of hydrogen-bond acceptors (Lipinski definition) is 7. The van der Waals surface area contributed by atoms with Gasteiger partial charge in [0.25, 0.3) is 0 Å². The van der Waals surface area contributed by atoms with E-state index in [1.54, 1.807) is 5.48 Å². The number of amides is 2. The Morgan fingerprint density at radius 1 is 0.679 bits per heavy atom. The number of benzene rings is 5. The van der Waals surface area contributed by atoms with Crippen LogP contribution in [0.5, 0.6) is 0 Å². The molecule has 4 N–H and O–H groups in total. The van der Waals surface area contributed by atoms with E-state index in [1.807, 2.05) is 72.8 Å². The van der Waals surface area contributed by atoms with Crippen molar-refractivity contribution in [3.8, 4) is 11.1 Å². The van der Waals surface area contributed by atoms with E-state index >= 15 is 0 Å². The molecule has 1 saturated heterocycles. The third-order valence-corrected chi connectivity index (χ3v) is 9.49. The normalized spacial score (nSPS) is 17.0. The van der Waals surface area contributed by atoms with E-state index in [4.69, 9.17) is 14.7 Å². The van der Waals surface area contributed by atoms with Gasteiger partial charge in [0.15, 0.2) is 6.29 Å². The number of aliphatic hydroxyl groups is 1. The van der Waals surface area contributed by atoms with Crippen molar-refractivity contribution in [3.05, 3.63) is 167 Å². The van der Waals surface area contributed by atoms with Gasteiger partial charge in [-0.2, -0.15) is 0 Å². The van der Waals surface area contributed by atoms with Gasteiger partial charge in [-0.05, 0) is 45.4 Å². The zero-order valence-corrected chi connectivity index (χ0v) is 29.8. The summed E-state index contributed by atoms with van der Waals surface area (Å²) in [6.45, 7) is 2.61. The Balaban J connectivity index is 1.19. The van der Waals surface area contributed by atoms with Crippen LogP contribution in [-0.4, -0.2) is 39.7 Å². The van der Waals surface area contributed by atoms with Gasteiger partial charge < -0.3 is 19.9 Å². The fourth-order valence-electron chi connectivity index (χ4n) is 6.71. The van der Waals surface area contributed by atoms with Crippen LogP contribution in [0.2, 0.25) is 0 Å². The fourth-order valence-corrected chi connectivity index (χ4v) is 6.71. The largest absolute Gasteiger partial charge is 0.392 e. The molecule has 0 spiro atoms. The van der Waals surface area contributed by atoms with E-state index < -0.39 is 12.2 Å². The van der Waals surface area contributed by atoms with E-state index in [0.29, 0.717) is 25.9 Å². The minimum absolute atomic E-state index is 0.0124. The molecule has 274 valence electrons. The average molecular weight is 714 g/mol. The van der Waals surface area contributed by atoms with Crippen LogP contribution in [0, 0.1) is 0 Å². The molecule has 5 aromatic rings. The summed E-state index contributed by atoms with van der Waals surface area (Å²) in [5.74, 6) is -0.667. The summed E-state index contributed by atoms with van der Waals surface area (Å²) in [5, 5.41) is 21.3. The van der Waals surface area contributed by atoms with Gasteiger partial charge in [-0.1, -0.05) is 133 Å². The number of hydrogen-bond donors (Lipinski definition) is 4. The van der Waals surface area contributed by atoms with Crippen molar-refractivity contribution in [1.29, 1.82) is 0 Å². The third kappa shape index (κ3) is 10.9. The van der Waals surface area contributed by atoms with Gasteiger partial charge >= 0.3 is 0 Å². The zero-order valence-electron chi connectivity index (χ0n) is 29.8. The van der Waals surface area contributed by atoms with Crippen molar-refractivity contribution in [2.45, 2.75) is 70.4 Å². The molecule has 0 saturated carbocycles. The molecule has 6 rings (SSSR count). The summed E-state index contributed by atoms with van der Waals surface area (Å²) < 4.78 is 13.5. The molecule has 1 fully saturated rings. The molecule has 0 radical (unpaired) electrons. The lowest BCUT2D eigenvalue weighted by Gasteiger charge is -2.38. The van der Waals surface area contributed by atoms with Crippen LogP contribution in [0.1, 0.15) is 71.5 Å². The van der Waals surface area contributed by atoms with Crippen molar-refractivity contribution in [2.75, 3.05) is 6.54 Å². The average Bonchev–Trinajstić information content (AvgIpc) is 3.21. The number of aliphatic hydroxyl groups excluding tert-OH is 1. The van der Waals surface area contributed by atoms with E-state index in [0.717, 1.165) is 46.5 Å². The summed E-state index contributed by atoms with van der Waals surface area (Å²) in [7, 11) is 0. The Bertz CT molecular complexity index is 1850. The zero-order chi connectivity index (χ0) is 36.8. The highest BCUT2D eigenvalue weighted by molar-refractivity contribution is 5.78. The Hall–Kier alpha value is -5.16. The number of rotatable bonds is 16. The molecular formula is C44H47N3O6. The minimum atomic E-state index is -0.594. The van der Waals surface area contributed by atoms with Crippen molar-refractivity contribution < 1.29 is 29.4 Å². The molecule has 9 heteroatoms. The van der Waals surface area contributed by atoms with Crippen molar-refractivity contribution in [2.24, 2.45) is 0 Å². The molecule has 9 nitrogen and oxygen atoms in total. The first kappa shape index (κ1) is 37.6. The number of ether oxygens (including phenoxy) is 2. The lowest BCUT2D eigenvalue weighted by atomic mass is 9.97. The van der Waals surface area contributed by atoms with Crippen LogP contribution >= 0.6 is 0 Å². The molecular weight excluding hydrogens is 666 g/mol. The quantitative estimate of drug-likeness (QED) is 0.0622. The van der Waals surface area contributed by atoms with Crippen LogP contribution in [0.3, 0.4) is 0 Å². The SMILES string of the molecule is O=C(CCCC(=O)NCc1ccccc1-c1ccc(C2OC(CN(Cc3ccccc3)Cc3ccccc3)CC(c3ccc(CO)cc3)O2)cc1)NO. The summed E-state index contributed by atoms with van der Waals surface area (Å²) >= 11 is 0. The Morgan fingerprint density at radius 2 is 1.28 bits per heavy atom. The van der Waals surface area contributed by atoms with E-state index in [2.05, 4.69) is 70.9 Å². The van der Waals surface area contributed by atoms with Crippen LogP contribution in [0.4, 0.5) is 0 Å². The first-order chi connectivity index (χ1) is 26.0. The van der Waals surface area contributed by atoms with E-state index in [-0.39, 0.29) is 37.6 Å². The highest BCUT2D eigenvalue weighted by atomic mass is 16.7. The molecule has 2 amide bonds. The second kappa shape index (κ2) is 19.1. The van der Waals surface area contributed by atoms with Crippen LogP contribution in [0.15, 0.2) is 133 Å². The lowest BCUT2D eigenvalue weighted by molar-refractivity contribution is -0.253. The van der Waals surface area contributed by atoms with Crippen LogP contribution in [-0.2, 0) is 45.3 Å².